The van der Waals surface area contributed by atoms with Crippen molar-refractivity contribution in [3.8, 4) is 16.8 Å². The van der Waals surface area contributed by atoms with Crippen molar-refractivity contribution in [3.63, 3.8) is 0 Å². The van der Waals surface area contributed by atoms with E-state index in [-0.39, 0.29) is 5.82 Å². The lowest BCUT2D eigenvalue weighted by molar-refractivity contribution is 0.0687. The highest BCUT2D eigenvalue weighted by molar-refractivity contribution is 6.34. The number of aliphatic hydroxyl groups is 1. The number of nitrogens with zero attached hydrogens (tertiary/aromatic N) is 6. The number of pyridine rings is 1. The molecule has 0 amide bonds. The third-order valence-electron chi connectivity index (χ3n) is 5.88. The van der Waals surface area contributed by atoms with E-state index in [4.69, 9.17) is 11.6 Å². The monoisotopic (exact) mass is 503 g/mol. The number of benzene rings is 2. The molecule has 0 aliphatic rings. The molecule has 5 aromatic rings. The fourth-order valence-electron chi connectivity index (χ4n) is 3.94. The Balaban J connectivity index is 1.52. The Morgan fingerprint density at radius 3 is 2.39 bits per heavy atom. The molecular formula is C26H23ClFN7O. The van der Waals surface area contributed by atoms with Gasteiger partial charge in [-0.2, -0.15) is 0 Å². The standard InChI is InChI=1S/C26H23ClFN7O/c1-15(19-9-18(5-6-22(19)28)35-13-32-33-14-35)34-24-20-8-16(4-7-23(20)29-12-21(24)27)17-10-30-25(31-11-17)26(2,3)36/h4-15,36H,1-3H3,(H,29,34)/t15-/m1/s1. The summed E-state index contributed by atoms with van der Waals surface area (Å²) in [6.45, 7) is 5.13. The van der Waals surface area contributed by atoms with Gasteiger partial charge in [-0.1, -0.05) is 17.7 Å². The molecule has 36 heavy (non-hydrogen) atoms. The summed E-state index contributed by atoms with van der Waals surface area (Å²) < 4.78 is 16.5. The molecule has 0 radical (unpaired) electrons. The van der Waals surface area contributed by atoms with E-state index in [9.17, 15) is 9.50 Å². The van der Waals surface area contributed by atoms with Crippen LogP contribution in [0.5, 0.6) is 0 Å². The summed E-state index contributed by atoms with van der Waals surface area (Å²) in [5.41, 5.74) is 3.07. The van der Waals surface area contributed by atoms with Crippen molar-refractivity contribution < 1.29 is 9.50 Å². The van der Waals surface area contributed by atoms with Gasteiger partial charge in [-0.3, -0.25) is 9.55 Å². The minimum Gasteiger partial charge on any atom is -0.382 e. The predicted molar refractivity (Wildman–Crippen MR) is 136 cm³/mol. The molecule has 1 atom stereocenters. The van der Waals surface area contributed by atoms with Gasteiger partial charge >= 0.3 is 0 Å². The van der Waals surface area contributed by atoms with Gasteiger partial charge in [0.2, 0.25) is 0 Å². The van der Waals surface area contributed by atoms with Gasteiger partial charge in [0.15, 0.2) is 5.82 Å². The first-order valence-electron chi connectivity index (χ1n) is 11.3. The molecule has 0 unspecified atom stereocenters. The molecule has 0 saturated carbocycles. The molecule has 182 valence electrons. The number of halogens is 2. The first-order chi connectivity index (χ1) is 17.2. The third-order valence-corrected chi connectivity index (χ3v) is 6.16. The quantitative estimate of drug-likeness (QED) is 0.317. The molecule has 0 spiro atoms. The molecule has 0 saturated heterocycles. The molecule has 3 heterocycles. The Kier molecular flexibility index (Phi) is 6.11. The zero-order valence-electron chi connectivity index (χ0n) is 19.8. The number of anilines is 1. The molecule has 2 N–H and O–H groups in total. The summed E-state index contributed by atoms with van der Waals surface area (Å²) >= 11 is 6.56. The second-order valence-corrected chi connectivity index (χ2v) is 9.42. The minimum atomic E-state index is -1.13. The number of hydrogen-bond acceptors (Lipinski definition) is 7. The molecule has 5 rings (SSSR count). The number of rotatable bonds is 6. The Labute approximate surface area is 211 Å². The van der Waals surface area contributed by atoms with Crippen LogP contribution >= 0.6 is 11.6 Å². The fraction of sp³-hybridized carbons (Fsp3) is 0.192. The molecule has 0 aliphatic heterocycles. The maximum atomic E-state index is 14.8. The summed E-state index contributed by atoms with van der Waals surface area (Å²) in [7, 11) is 0. The number of hydrogen-bond donors (Lipinski definition) is 2. The lowest BCUT2D eigenvalue weighted by atomic mass is 10.0. The molecule has 0 aliphatic carbocycles. The van der Waals surface area contributed by atoms with Crippen molar-refractivity contribution in [2.75, 3.05) is 5.32 Å². The van der Waals surface area contributed by atoms with Crippen LogP contribution in [0.2, 0.25) is 5.02 Å². The van der Waals surface area contributed by atoms with Gasteiger partial charge in [0.05, 0.1) is 22.3 Å². The lowest BCUT2D eigenvalue weighted by Crippen LogP contribution is -2.19. The van der Waals surface area contributed by atoms with E-state index in [1.807, 2.05) is 25.1 Å². The van der Waals surface area contributed by atoms with Crippen molar-refractivity contribution in [2.24, 2.45) is 0 Å². The van der Waals surface area contributed by atoms with Crippen molar-refractivity contribution in [1.82, 2.24) is 29.7 Å². The third kappa shape index (κ3) is 4.62. The Morgan fingerprint density at radius 1 is 0.972 bits per heavy atom. The number of aromatic nitrogens is 6. The number of nitrogens with one attached hydrogen (secondary N) is 1. The Hall–Kier alpha value is -3.95. The minimum absolute atomic E-state index is 0.337. The molecular weight excluding hydrogens is 481 g/mol. The fourth-order valence-corrected chi connectivity index (χ4v) is 4.14. The molecule has 0 bridgehead atoms. The predicted octanol–water partition coefficient (Wildman–Crippen LogP) is 5.47. The van der Waals surface area contributed by atoms with Gasteiger partial charge in [-0.05, 0) is 56.7 Å². The average molecular weight is 504 g/mol. The molecule has 0 fully saturated rings. The number of fused-ring (bicyclic) bond motifs is 1. The highest BCUT2D eigenvalue weighted by Gasteiger charge is 2.20. The molecule has 3 aromatic heterocycles. The van der Waals surface area contributed by atoms with Gasteiger partial charge in [0.25, 0.3) is 0 Å². The van der Waals surface area contributed by atoms with E-state index in [1.165, 1.54) is 6.07 Å². The topological polar surface area (TPSA) is 102 Å². The Bertz CT molecular complexity index is 1530. The van der Waals surface area contributed by atoms with Crippen molar-refractivity contribution in [1.29, 1.82) is 0 Å². The van der Waals surface area contributed by atoms with Crippen LogP contribution in [-0.2, 0) is 5.60 Å². The van der Waals surface area contributed by atoms with E-state index in [0.29, 0.717) is 22.1 Å². The summed E-state index contributed by atoms with van der Waals surface area (Å²) in [6, 6.07) is 10.2. The second kappa shape index (κ2) is 9.25. The molecule has 10 heteroatoms. The van der Waals surface area contributed by atoms with Crippen LogP contribution in [0.1, 0.15) is 38.2 Å². The maximum Gasteiger partial charge on any atom is 0.159 e. The van der Waals surface area contributed by atoms with Crippen molar-refractivity contribution in [2.45, 2.75) is 32.4 Å². The van der Waals surface area contributed by atoms with Crippen molar-refractivity contribution >= 4 is 28.2 Å². The zero-order valence-corrected chi connectivity index (χ0v) is 20.6. The van der Waals surface area contributed by atoms with Gasteiger partial charge in [0.1, 0.15) is 24.1 Å². The highest BCUT2D eigenvalue weighted by Crippen LogP contribution is 2.35. The molecule has 2 aromatic carbocycles. The van der Waals surface area contributed by atoms with Gasteiger partial charge in [-0.25, -0.2) is 14.4 Å². The van der Waals surface area contributed by atoms with E-state index < -0.39 is 11.6 Å². The van der Waals surface area contributed by atoms with E-state index in [2.05, 4.69) is 30.5 Å². The highest BCUT2D eigenvalue weighted by atomic mass is 35.5. The summed E-state index contributed by atoms with van der Waals surface area (Å²) in [6.07, 6.45) is 8.02. The normalized spacial score (nSPS) is 12.6. The first-order valence-corrected chi connectivity index (χ1v) is 11.6. The Morgan fingerprint density at radius 2 is 1.69 bits per heavy atom. The van der Waals surface area contributed by atoms with Gasteiger partial charge in [-0.15, -0.1) is 10.2 Å². The van der Waals surface area contributed by atoms with E-state index in [1.54, 1.807) is 61.8 Å². The smallest absolute Gasteiger partial charge is 0.159 e. The summed E-state index contributed by atoms with van der Waals surface area (Å²) in [5, 5.41) is 22.3. The van der Waals surface area contributed by atoms with Crippen LogP contribution < -0.4 is 5.32 Å². The van der Waals surface area contributed by atoms with Crippen LogP contribution in [0.15, 0.2) is 67.6 Å². The van der Waals surface area contributed by atoms with Crippen LogP contribution in [-0.4, -0.2) is 34.8 Å². The summed E-state index contributed by atoms with van der Waals surface area (Å²) in [4.78, 5) is 13.0. The van der Waals surface area contributed by atoms with E-state index in [0.717, 1.165) is 27.7 Å². The maximum absolute atomic E-state index is 14.8. The zero-order chi connectivity index (χ0) is 25.4. The summed E-state index contributed by atoms with van der Waals surface area (Å²) in [5.74, 6) is -0.00490. The van der Waals surface area contributed by atoms with Crippen LogP contribution in [0.4, 0.5) is 10.1 Å². The van der Waals surface area contributed by atoms with Crippen LogP contribution in [0, 0.1) is 5.82 Å². The largest absolute Gasteiger partial charge is 0.382 e. The SMILES string of the molecule is C[C@@H](Nc1c(Cl)cnc2ccc(-c3cnc(C(C)(C)O)nc3)cc12)c1cc(-n2cnnc2)ccc1F. The van der Waals surface area contributed by atoms with Gasteiger partial charge < -0.3 is 10.4 Å². The first kappa shape index (κ1) is 23.8. The van der Waals surface area contributed by atoms with Gasteiger partial charge in [0, 0.05) is 40.8 Å². The van der Waals surface area contributed by atoms with Crippen LogP contribution in [0.3, 0.4) is 0 Å². The lowest BCUT2D eigenvalue weighted by Gasteiger charge is -2.20. The van der Waals surface area contributed by atoms with Crippen LogP contribution in [0.25, 0.3) is 27.7 Å². The van der Waals surface area contributed by atoms with E-state index >= 15 is 0 Å². The average Bonchev–Trinajstić information content (AvgIpc) is 3.40. The second-order valence-electron chi connectivity index (χ2n) is 9.01. The van der Waals surface area contributed by atoms with Crippen molar-refractivity contribution in [3.05, 3.63) is 89.9 Å². The molecule has 8 nitrogen and oxygen atoms in total.